The molecule has 1 atom stereocenters. The van der Waals surface area contributed by atoms with Crippen LogP contribution in [0.4, 0.5) is 0 Å². The third-order valence-electron chi connectivity index (χ3n) is 5.96. The van der Waals surface area contributed by atoms with E-state index in [-0.39, 0.29) is 30.2 Å². The van der Waals surface area contributed by atoms with E-state index in [1.54, 1.807) is 51.4 Å². The summed E-state index contributed by atoms with van der Waals surface area (Å²) in [5, 5.41) is 11.5. The highest BCUT2D eigenvalue weighted by molar-refractivity contribution is 9.10. The number of hydrogen-bond acceptors (Lipinski definition) is 6. The minimum absolute atomic E-state index is 0.0400. The van der Waals surface area contributed by atoms with Crippen LogP contribution >= 0.6 is 15.9 Å². The topological polar surface area (TPSA) is 113 Å². The van der Waals surface area contributed by atoms with E-state index >= 15 is 0 Å². The average molecular weight is 538 g/mol. The molecule has 1 aliphatic rings. The quantitative estimate of drug-likeness (QED) is 0.206. The molecule has 0 spiro atoms. The van der Waals surface area contributed by atoms with Gasteiger partial charge in [-0.25, -0.2) is 4.79 Å². The van der Waals surface area contributed by atoms with Gasteiger partial charge in [0.1, 0.15) is 11.5 Å². The summed E-state index contributed by atoms with van der Waals surface area (Å²) in [5.41, 5.74) is 2.78. The fourth-order valence-electron chi connectivity index (χ4n) is 4.37. The van der Waals surface area contributed by atoms with Crippen molar-refractivity contribution in [2.75, 3.05) is 6.61 Å². The second-order valence-corrected chi connectivity index (χ2v) is 9.10. The van der Waals surface area contributed by atoms with Crippen molar-refractivity contribution in [2.24, 2.45) is 0 Å². The first-order chi connectivity index (χ1) is 16.7. The van der Waals surface area contributed by atoms with Crippen LogP contribution in [-0.4, -0.2) is 44.2 Å². The Morgan fingerprint density at radius 2 is 1.91 bits per heavy atom. The van der Waals surface area contributed by atoms with Gasteiger partial charge in [-0.1, -0.05) is 34.1 Å². The lowest BCUT2D eigenvalue weighted by Crippen LogP contribution is -2.29. The van der Waals surface area contributed by atoms with Crippen molar-refractivity contribution in [2.45, 2.75) is 33.4 Å². The zero-order chi connectivity index (χ0) is 25.3. The normalized spacial score (nSPS) is 17.1. The molecule has 9 heteroatoms. The van der Waals surface area contributed by atoms with Gasteiger partial charge in [-0.05, 0) is 55.7 Å². The van der Waals surface area contributed by atoms with Gasteiger partial charge >= 0.3 is 5.97 Å². The summed E-state index contributed by atoms with van der Waals surface area (Å²) in [7, 11) is 0. The molecule has 180 valence electrons. The number of ether oxygens (including phenoxy) is 1. The van der Waals surface area contributed by atoms with E-state index in [0.29, 0.717) is 22.4 Å². The van der Waals surface area contributed by atoms with E-state index < -0.39 is 23.7 Å². The number of aromatic amines is 1. The van der Waals surface area contributed by atoms with Crippen molar-refractivity contribution in [1.29, 1.82) is 0 Å². The molecular formula is C26H24BrN3O5. The molecule has 3 aromatic rings. The number of benzene rings is 1. The number of carbonyl (C=O) groups excluding carboxylic acids is 3. The molecule has 2 N–H and O–H groups in total. The SMILES string of the molecule is CCOC(=O)c1[nH]c(C)c(C(O)=C2C(=O)C(=O)N(Cc3cccnc3)[C@@H]2c2ccc(Br)cc2)c1C. The second-order valence-electron chi connectivity index (χ2n) is 8.19. The van der Waals surface area contributed by atoms with E-state index in [1.165, 1.54) is 4.90 Å². The molecule has 0 saturated carbocycles. The third-order valence-corrected chi connectivity index (χ3v) is 6.48. The highest BCUT2D eigenvalue weighted by Crippen LogP contribution is 2.41. The number of amides is 1. The molecule has 0 aliphatic carbocycles. The minimum atomic E-state index is -0.831. The van der Waals surface area contributed by atoms with Gasteiger partial charge in [0, 0.05) is 34.7 Å². The van der Waals surface area contributed by atoms with Gasteiger partial charge in [-0.2, -0.15) is 0 Å². The smallest absolute Gasteiger partial charge is 0.355 e. The van der Waals surface area contributed by atoms with Crippen LogP contribution in [0.3, 0.4) is 0 Å². The first-order valence-corrected chi connectivity index (χ1v) is 11.8. The zero-order valence-electron chi connectivity index (χ0n) is 19.5. The van der Waals surface area contributed by atoms with Crippen molar-refractivity contribution in [1.82, 2.24) is 14.9 Å². The summed E-state index contributed by atoms with van der Waals surface area (Å²) in [6.07, 6.45) is 3.26. The largest absolute Gasteiger partial charge is 0.507 e. The predicted molar refractivity (Wildman–Crippen MR) is 132 cm³/mol. The molecule has 1 aliphatic heterocycles. The van der Waals surface area contributed by atoms with E-state index in [2.05, 4.69) is 25.9 Å². The first-order valence-electron chi connectivity index (χ1n) is 11.0. The lowest BCUT2D eigenvalue weighted by Gasteiger charge is -2.25. The summed E-state index contributed by atoms with van der Waals surface area (Å²) < 4.78 is 5.93. The van der Waals surface area contributed by atoms with E-state index in [4.69, 9.17) is 4.74 Å². The number of ketones is 1. The number of nitrogens with zero attached hydrogens (tertiary/aromatic N) is 2. The standard InChI is InChI=1S/C26H24BrN3O5/c1-4-35-26(34)21-14(2)19(15(3)29-21)23(31)20-22(17-7-9-18(27)10-8-17)30(25(33)24(20)32)13-16-6-5-11-28-12-16/h5-12,22,29,31H,4,13H2,1-3H3/t22-/m1/s1. The van der Waals surface area contributed by atoms with Gasteiger partial charge in [0.25, 0.3) is 11.7 Å². The Morgan fingerprint density at radius 3 is 2.54 bits per heavy atom. The molecule has 0 radical (unpaired) electrons. The summed E-state index contributed by atoms with van der Waals surface area (Å²) in [6, 6.07) is 9.95. The first kappa shape index (κ1) is 24.4. The number of nitrogens with one attached hydrogen (secondary N) is 1. The number of rotatable bonds is 6. The molecular weight excluding hydrogens is 514 g/mol. The molecule has 4 rings (SSSR count). The Balaban J connectivity index is 1.89. The van der Waals surface area contributed by atoms with Gasteiger partial charge in [-0.15, -0.1) is 0 Å². The van der Waals surface area contributed by atoms with Crippen LogP contribution < -0.4 is 0 Å². The lowest BCUT2D eigenvalue weighted by molar-refractivity contribution is -0.140. The number of likely N-dealkylation sites (tertiary alicyclic amines) is 1. The maximum absolute atomic E-state index is 13.3. The van der Waals surface area contributed by atoms with Crippen LogP contribution in [0.25, 0.3) is 5.76 Å². The lowest BCUT2D eigenvalue weighted by atomic mass is 9.94. The van der Waals surface area contributed by atoms with Gasteiger partial charge in [0.15, 0.2) is 0 Å². The fraction of sp³-hybridized carbons (Fsp3) is 0.231. The number of halogens is 1. The van der Waals surface area contributed by atoms with Crippen molar-refractivity contribution >= 4 is 39.3 Å². The molecule has 0 bridgehead atoms. The molecule has 3 heterocycles. The molecule has 8 nitrogen and oxygen atoms in total. The molecule has 1 fully saturated rings. The number of aryl methyl sites for hydroxylation is 1. The molecule has 1 amide bonds. The third kappa shape index (κ3) is 4.51. The number of H-pyrrole nitrogens is 1. The number of aliphatic hydroxyl groups excluding tert-OH is 1. The Hall–Kier alpha value is -3.72. The maximum atomic E-state index is 13.3. The fourth-order valence-corrected chi connectivity index (χ4v) is 4.63. The number of aliphatic hydroxyl groups is 1. The molecule has 35 heavy (non-hydrogen) atoms. The number of aromatic nitrogens is 2. The average Bonchev–Trinajstić information content (AvgIpc) is 3.27. The summed E-state index contributed by atoms with van der Waals surface area (Å²) in [5.74, 6) is -2.42. The zero-order valence-corrected chi connectivity index (χ0v) is 21.0. The predicted octanol–water partition coefficient (Wildman–Crippen LogP) is 4.59. The van der Waals surface area contributed by atoms with Crippen molar-refractivity contribution in [3.63, 3.8) is 0 Å². The van der Waals surface area contributed by atoms with Crippen LogP contribution in [0.5, 0.6) is 0 Å². The van der Waals surface area contributed by atoms with Crippen molar-refractivity contribution < 1.29 is 24.2 Å². The monoisotopic (exact) mass is 537 g/mol. The van der Waals surface area contributed by atoms with Crippen LogP contribution in [0.15, 0.2) is 58.8 Å². The molecule has 2 aromatic heterocycles. The second kappa shape index (κ2) is 9.87. The number of pyridine rings is 1. The number of hydrogen-bond donors (Lipinski definition) is 2. The number of Topliss-reactive ketones (excluding diaryl/α,β-unsaturated/α-hetero) is 1. The van der Waals surface area contributed by atoms with E-state index in [9.17, 15) is 19.5 Å². The highest BCUT2D eigenvalue weighted by Gasteiger charge is 2.46. The minimum Gasteiger partial charge on any atom is -0.507 e. The van der Waals surface area contributed by atoms with E-state index in [1.807, 2.05) is 18.2 Å². The van der Waals surface area contributed by atoms with Crippen LogP contribution in [-0.2, 0) is 20.9 Å². The van der Waals surface area contributed by atoms with Crippen molar-refractivity contribution in [3.05, 3.63) is 92.5 Å². The van der Waals surface area contributed by atoms with E-state index in [0.717, 1.165) is 10.0 Å². The van der Waals surface area contributed by atoms with Gasteiger partial charge in [-0.3, -0.25) is 14.6 Å². The molecule has 1 saturated heterocycles. The summed E-state index contributed by atoms with van der Waals surface area (Å²) in [4.78, 5) is 47.3. The van der Waals surface area contributed by atoms with Crippen LogP contribution in [0.2, 0.25) is 0 Å². The number of carbonyl (C=O) groups is 3. The van der Waals surface area contributed by atoms with Crippen molar-refractivity contribution in [3.8, 4) is 0 Å². The Labute approximate surface area is 210 Å². The van der Waals surface area contributed by atoms with Gasteiger partial charge in [0.2, 0.25) is 0 Å². The Kier molecular flexibility index (Phi) is 6.88. The Morgan fingerprint density at radius 1 is 1.20 bits per heavy atom. The summed E-state index contributed by atoms with van der Waals surface area (Å²) >= 11 is 3.41. The summed E-state index contributed by atoms with van der Waals surface area (Å²) in [6.45, 7) is 5.37. The highest BCUT2D eigenvalue weighted by atomic mass is 79.9. The molecule has 1 aromatic carbocycles. The maximum Gasteiger partial charge on any atom is 0.355 e. The molecule has 0 unspecified atom stereocenters. The number of esters is 1. The Bertz CT molecular complexity index is 1330. The van der Waals surface area contributed by atoms with Gasteiger partial charge < -0.3 is 19.7 Å². The van der Waals surface area contributed by atoms with Crippen LogP contribution in [0.1, 0.15) is 51.4 Å². The van der Waals surface area contributed by atoms with Crippen LogP contribution in [0, 0.1) is 13.8 Å². The van der Waals surface area contributed by atoms with Gasteiger partial charge in [0.05, 0.1) is 18.2 Å².